The number of carbonyl (C=O) groups excluding carboxylic acids is 2. The van der Waals surface area contributed by atoms with Crippen LogP contribution in [0.2, 0.25) is 0 Å². The van der Waals surface area contributed by atoms with E-state index in [0.29, 0.717) is 32.5 Å². The van der Waals surface area contributed by atoms with Crippen LogP contribution in [0.25, 0.3) is 0 Å². The molecule has 0 aliphatic carbocycles. The summed E-state index contributed by atoms with van der Waals surface area (Å²) in [5, 5.41) is 8.02. The van der Waals surface area contributed by atoms with Gasteiger partial charge in [-0.2, -0.15) is 0 Å². The van der Waals surface area contributed by atoms with Crippen LogP contribution in [0.15, 0.2) is 40.5 Å². The Morgan fingerprint density at radius 1 is 1.38 bits per heavy atom. The minimum absolute atomic E-state index is 0.00894. The Morgan fingerprint density at radius 2 is 2.27 bits per heavy atom. The smallest absolute Gasteiger partial charge is 0.237 e. The van der Waals surface area contributed by atoms with Gasteiger partial charge in [0, 0.05) is 42.5 Å². The van der Waals surface area contributed by atoms with Crippen molar-refractivity contribution in [1.82, 2.24) is 15.5 Å². The molecule has 2 aromatic rings. The standard InChI is InChI=1S/C19H25N3O3S/c1-2-20-19(24)17-10-15(12-22(17)11-14-7-8-25-13-14)21-18(23)6-5-16-4-3-9-26-16/h3-4,7-9,13,15,17H,2,5-6,10-12H2,1H3,(H,20,24)(H,21,23)/t15-,17-/m0/s1. The third-order valence-corrected chi connectivity index (χ3v) is 5.50. The third-order valence-electron chi connectivity index (χ3n) is 4.57. The van der Waals surface area contributed by atoms with Gasteiger partial charge in [0.1, 0.15) is 0 Å². The van der Waals surface area contributed by atoms with Gasteiger partial charge in [0.2, 0.25) is 11.8 Å². The zero-order chi connectivity index (χ0) is 18.4. The van der Waals surface area contributed by atoms with Crippen molar-refractivity contribution in [3.8, 4) is 0 Å². The number of furan rings is 1. The molecule has 3 heterocycles. The molecule has 2 N–H and O–H groups in total. The molecule has 0 unspecified atom stereocenters. The molecule has 0 aromatic carbocycles. The first-order valence-electron chi connectivity index (χ1n) is 9.00. The van der Waals surface area contributed by atoms with Crippen molar-refractivity contribution < 1.29 is 14.0 Å². The predicted octanol–water partition coefficient (Wildman–Crippen LogP) is 2.17. The van der Waals surface area contributed by atoms with Gasteiger partial charge in [0.25, 0.3) is 0 Å². The van der Waals surface area contributed by atoms with E-state index in [0.717, 1.165) is 12.0 Å². The van der Waals surface area contributed by atoms with Crippen molar-refractivity contribution in [2.24, 2.45) is 0 Å². The molecule has 1 fully saturated rings. The quantitative estimate of drug-likeness (QED) is 0.742. The van der Waals surface area contributed by atoms with E-state index in [2.05, 4.69) is 15.5 Å². The Bertz CT molecular complexity index is 700. The van der Waals surface area contributed by atoms with Crippen LogP contribution in [0.1, 0.15) is 30.2 Å². The lowest BCUT2D eigenvalue weighted by atomic mass is 10.1. The van der Waals surface area contributed by atoms with Crippen molar-refractivity contribution >= 4 is 23.2 Å². The summed E-state index contributed by atoms with van der Waals surface area (Å²) in [6.45, 7) is 3.82. The summed E-state index contributed by atoms with van der Waals surface area (Å²) in [4.78, 5) is 28.0. The number of likely N-dealkylation sites (N-methyl/N-ethyl adjacent to an activating group) is 1. The van der Waals surface area contributed by atoms with Crippen LogP contribution in [-0.4, -0.2) is 41.9 Å². The Hall–Kier alpha value is -2.12. The highest BCUT2D eigenvalue weighted by Crippen LogP contribution is 2.21. The zero-order valence-corrected chi connectivity index (χ0v) is 15.8. The topological polar surface area (TPSA) is 74.6 Å². The largest absolute Gasteiger partial charge is 0.472 e. The van der Waals surface area contributed by atoms with Crippen LogP contribution >= 0.6 is 11.3 Å². The third kappa shape index (κ3) is 4.95. The van der Waals surface area contributed by atoms with E-state index in [1.54, 1.807) is 23.9 Å². The molecule has 3 rings (SSSR count). The second-order valence-electron chi connectivity index (χ2n) is 6.55. The minimum Gasteiger partial charge on any atom is -0.472 e. The van der Waals surface area contributed by atoms with Crippen LogP contribution in [0, 0.1) is 0 Å². The normalized spacial score (nSPS) is 20.2. The van der Waals surface area contributed by atoms with Crippen LogP contribution in [0.4, 0.5) is 0 Å². The first-order chi connectivity index (χ1) is 12.7. The number of nitrogens with one attached hydrogen (secondary N) is 2. The summed E-state index contributed by atoms with van der Waals surface area (Å²) in [6.07, 6.45) is 5.20. The van der Waals surface area contributed by atoms with Crippen LogP contribution in [0.3, 0.4) is 0 Å². The van der Waals surface area contributed by atoms with E-state index in [1.165, 1.54) is 4.88 Å². The highest BCUT2D eigenvalue weighted by atomic mass is 32.1. The van der Waals surface area contributed by atoms with Gasteiger partial charge in [-0.3, -0.25) is 14.5 Å². The van der Waals surface area contributed by atoms with E-state index in [9.17, 15) is 9.59 Å². The number of aryl methyl sites for hydroxylation is 1. The molecule has 1 aliphatic rings. The lowest BCUT2D eigenvalue weighted by Gasteiger charge is -2.22. The molecule has 1 saturated heterocycles. The fourth-order valence-corrected chi connectivity index (χ4v) is 4.07. The van der Waals surface area contributed by atoms with Gasteiger partial charge in [0.05, 0.1) is 18.6 Å². The van der Waals surface area contributed by atoms with Crippen molar-refractivity contribution in [3.05, 3.63) is 46.5 Å². The Balaban J connectivity index is 1.55. The van der Waals surface area contributed by atoms with Gasteiger partial charge in [-0.1, -0.05) is 6.07 Å². The molecule has 0 bridgehead atoms. The maximum absolute atomic E-state index is 12.4. The molecule has 7 heteroatoms. The Kier molecular flexibility index (Phi) is 6.46. The van der Waals surface area contributed by atoms with E-state index in [-0.39, 0.29) is 23.9 Å². The average Bonchev–Trinajstić information content (AvgIpc) is 3.36. The number of hydrogen-bond acceptors (Lipinski definition) is 5. The van der Waals surface area contributed by atoms with Crippen LogP contribution < -0.4 is 10.6 Å². The molecule has 0 saturated carbocycles. The molecule has 140 valence electrons. The first kappa shape index (κ1) is 18.7. The molecule has 0 spiro atoms. The van der Waals surface area contributed by atoms with Gasteiger partial charge in [0.15, 0.2) is 0 Å². The average molecular weight is 375 g/mol. The van der Waals surface area contributed by atoms with Crippen LogP contribution in [-0.2, 0) is 22.6 Å². The summed E-state index contributed by atoms with van der Waals surface area (Å²) in [7, 11) is 0. The summed E-state index contributed by atoms with van der Waals surface area (Å²) in [6, 6.07) is 5.71. The summed E-state index contributed by atoms with van der Waals surface area (Å²) >= 11 is 1.67. The van der Waals surface area contributed by atoms with Crippen molar-refractivity contribution in [1.29, 1.82) is 0 Å². The molecule has 2 amide bonds. The van der Waals surface area contributed by atoms with Gasteiger partial charge < -0.3 is 15.1 Å². The lowest BCUT2D eigenvalue weighted by molar-refractivity contribution is -0.125. The van der Waals surface area contributed by atoms with Crippen molar-refractivity contribution in [2.45, 2.75) is 44.8 Å². The monoisotopic (exact) mass is 375 g/mol. The lowest BCUT2D eigenvalue weighted by Crippen LogP contribution is -2.42. The fourth-order valence-electron chi connectivity index (χ4n) is 3.36. The molecule has 2 aromatic heterocycles. The highest BCUT2D eigenvalue weighted by Gasteiger charge is 2.37. The van der Waals surface area contributed by atoms with Gasteiger partial charge in [-0.15, -0.1) is 11.3 Å². The van der Waals surface area contributed by atoms with Gasteiger partial charge in [-0.25, -0.2) is 0 Å². The minimum atomic E-state index is -0.229. The SMILES string of the molecule is CCNC(=O)[C@@H]1C[C@H](NC(=O)CCc2cccs2)CN1Cc1ccoc1. The second kappa shape index (κ2) is 9.00. The number of amides is 2. The molecule has 26 heavy (non-hydrogen) atoms. The summed E-state index contributed by atoms with van der Waals surface area (Å²) in [5.74, 6) is 0.0644. The number of nitrogens with zero attached hydrogens (tertiary/aromatic N) is 1. The van der Waals surface area contributed by atoms with Crippen LogP contribution in [0.5, 0.6) is 0 Å². The molecular formula is C19H25N3O3S. The summed E-state index contributed by atoms with van der Waals surface area (Å²) < 4.78 is 5.13. The number of thiophene rings is 1. The maximum atomic E-state index is 12.4. The van der Waals surface area contributed by atoms with Crippen molar-refractivity contribution in [3.63, 3.8) is 0 Å². The van der Waals surface area contributed by atoms with E-state index in [1.807, 2.05) is 30.5 Å². The number of carbonyl (C=O) groups is 2. The van der Waals surface area contributed by atoms with E-state index in [4.69, 9.17) is 4.42 Å². The maximum Gasteiger partial charge on any atom is 0.237 e. The number of likely N-dealkylation sites (tertiary alicyclic amines) is 1. The molecule has 1 aliphatic heterocycles. The molecule has 0 radical (unpaired) electrons. The Labute approximate surface area is 157 Å². The highest BCUT2D eigenvalue weighted by molar-refractivity contribution is 7.09. The van der Waals surface area contributed by atoms with Gasteiger partial charge in [-0.05, 0) is 37.3 Å². The van der Waals surface area contributed by atoms with E-state index < -0.39 is 0 Å². The molecule has 2 atom stereocenters. The second-order valence-corrected chi connectivity index (χ2v) is 7.58. The number of hydrogen-bond donors (Lipinski definition) is 2. The van der Waals surface area contributed by atoms with Crippen molar-refractivity contribution in [2.75, 3.05) is 13.1 Å². The molecule has 6 nitrogen and oxygen atoms in total. The number of rotatable bonds is 8. The summed E-state index contributed by atoms with van der Waals surface area (Å²) in [5.41, 5.74) is 1.03. The Morgan fingerprint density at radius 3 is 2.96 bits per heavy atom. The van der Waals surface area contributed by atoms with Gasteiger partial charge >= 0.3 is 0 Å². The zero-order valence-electron chi connectivity index (χ0n) is 14.9. The predicted molar refractivity (Wildman–Crippen MR) is 101 cm³/mol. The first-order valence-corrected chi connectivity index (χ1v) is 9.88. The van der Waals surface area contributed by atoms with E-state index >= 15 is 0 Å². The fraction of sp³-hybridized carbons (Fsp3) is 0.474. The molecular weight excluding hydrogens is 350 g/mol.